The Morgan fingerprint density at radius 3 is 2.30 bits per heavy atom. The number of methoxy groups -OCH3 is 2. The highest BCUT2D eigenvalue weighted by atomic mass is 16.5. The summed E-state index contributed by atoms with van der Waals surface area (Å²) in [6.45, 7) is 10.4. The zero-order valence-corrected chi connectivity index (χ0v) is 17.6. The van der Waals surface area contributed by atoms with Crippen molar-refractivity contribution < 1.29 is 19.1 Å². The second-order valence-electron chi connectivity index (χ2n) is 7.60. The fourth-order valence-corrected chi connectivity index (χ4v) is 3.28. The molecule has 0 aliphatic heterocycles. The maximum absolute atomic E-state index is 12.0. The first-order valence-corrected chi connectivity index (χ1v) is 9.24. The number of carbonyl (C=O) groups excluding carboxylic acids is 2. The van der Waals surface area contributed by atoms with E-state index < -0.39 is 11.9 Å². The molecule has 4 nitrogen and oxygen atoms in total. The van der Waals surface area contributed by atoms with Gasteiger partial charge in [-0.1, -0.05) is 43.2 Å². The molecule has 0 saturated heterocycles. The van der Waals surface area contributed by atoms with Crippen molar-refractivity contribution in [3.05, 3.63) is 58.2 Å². The van der Waals surface area contributed by atoms with Crippen LogP contribution < -0.4 is 0 Å². The summed E-state index contributed by atoms with van der Waals surface area (Å²) >= 11 is 0. The van der Waals surface area contributed by atoms with Gasteiger partial charge in [0, 0.05) is 6.08 Å². The van der Waals surface area contributed by atoms with E-state index in [1.165, 1.54) is 44.3 Å². The van der Waals surface area contributed by atoms with E-state index in [1.807, 2.05) is 13.0 Å². The Kier molecular flexibility index (Phi) is 8.48. The molecule has 1 aliphatic rings. The lowest BCUT2D eigenvalue weighted by molar-refractivity contribution is -0.135. The summed E-state index contributed by atoms with van der Waals surface area (Å²) in [5.74, 6) is -1.00. The predicted molar refractivity (Wildman–Crippen MR) is 109 cm³/mol. The first kappa shape index (κ1) is 22.7. The average molecular weight is 373 g/mol. The standard InChI is InChI=1S/C23H32O4/c1-16(11-13-20-17(2)9-8-14-23(20,4)5)10-12-19(22(25)27-7)18(3)15-21(24)26-6/h10-13,15H,8-9,14H2,1-7H3/b13-11+,16-10+,18-15-,19-12-. The molecule has 0 saturated carbocycles. The Bertz CT molecular complexity index is 727. The van der Waals surface area contributed by atoms with Crippen LogP contribution in [-0.4, -0.2) is 26.2 Å². The van der Waals surface area contributed by atoms with Gasteiger partial charge in [0.1, 0.15) is 0 Å². The molecular weight excluding hydrogens is 340 g/mol. The molecule has 148 valence electrons. The summed E-state index contributed by atoms with van der Waals surface area (Å²) in [5, 5.41) is 0. The van der Waals surface area contributed by atoms with Crippen LogP contribution in [0.5, 0.6) is 0 Å². The van der Waals surface area contributed by atoms with Crippen LogP contribution in [0.25, 0.3) is 0 Å². The number of esters is 2. The lowest BCUT2D eigenvalue weighted by atomic mass is 9.72. The number of rotatable bonds is 6. The van der Waals surface area contributed by atoms with Crippen molar-refractivity contribution in [1.29, 1.82) is 0 Å². The van der Waals surface area contributed by atoms with E-state index in [4.69, 9.17) is 4.74 Å². The van der Waals surface area contributed by atoms with Crippen LogP contribution in [0.15, 0.2) is 58.2 Å². The monoisotopic (exact) mass is 372 g/mol. The summed E-state index contributed by atoms with van der Waals surface area (Å²) in [6, 6.07) is 0. The molecule has 0 bridgehead atoms. The van der Waals surface area contributed by atoms with Crippen molar-refractivity contribution in [1.82, 2.24) is 0 Å². The van der Waals surface area contributed by atoms with Gasteiger partial charge in [0.15, 0.2) is 0 Å². The Hall–Kier alpha value is -2.36. The molecule has 0 N–H and O–H groups in total. The molecule has 0 fully saturated rings. The van der Waals surface area contributed by atoms with E-state index in [-0.39, 0.29) is 5.41 Å². The van der Waals surface area contributed by atoms with Crippen LogP contribution in [0.3, 0.4) is 0 Å². The van der Waals surface area contributed by atoms with Crippen LogP contribution in [0, 0.1) is 5.41 Å². The molecule has 0 spiro atoms. The fourth-order valence-electron chi connectivity index (χ4n) is 3.28. The van der Waals surface area contributed by atoms with Crippen molar-refractivity contribution in [3.63, 3.8) is 0 Å². The molecule has 0 atom stereocenters. The number of ether oxygens (including phenoxy) is 2. The minimum absolute atomic E-state index is 0.186. The van der Waals surface area contributed by atoms with Crippen LogP contribution in [-0.2, 0) is 19.1 Å². The van der Waals surface area contributed by atoms with Crippen LogP contribution >= 0.6 is 0 Å². The van der Waals surface area contributed by atoms with E-state index in [9.17, 15) is 9.59 Å². The lowest BCUT2D eigenvalue weighted by Gasteiger charge is -2.32. The maximum Gasteiger partial charge on any atom is 0.338 e. The van der Waals surface area contributed by atoms with Gasteiger partial charge in [0.25, 0.3) is 0 Å². The Balaban J connectivity index is 3.12. The highest BCUT2D eigenvalue weighted by molar-refractivity contribution is 5.96. The molecule has 0 radical (unpaired) electrons. The third kappa shape index (κ3) is 6.70. The van der Waals surface area contributed by atoms with Crippen molar-refractivity contribution in [2.24, 2.45) is 5.41 Å². The van der Waals surface area contributed by atoms with E-state index in [0.29, 0.717) is 11.1 Å². The molecule has 0 amide bonds. The van der Waals surface area contributed by atoms with Crippen molar-refractivity contribution >= 4 is 11.9 Å². The zero-order valence-electron chi connectivity index (χ0n) is 17.6. The lowest BCUT2D eigenvalue weighted by Crippen LogP contribution is -2.19. The molecule has 4 heteroatoms. The molecular formula is C23H32O4. The predicted octanol–water partition coefficient (Wildman–Crippen LogP) is 5.23. The Morgan fingerprint density at radius 1 is 1.07 bits per heavy atom. The fraction of sp³-hybridized carbons (Fsp3) is 0.478. The zero-order chi connectivity index (χ0) is 20.6. The van der Waals surface area contributed by atoms with E-state index in [2.05, 4.69) is 37.7 Å². The van der Waals surface area contributed by atoms with Crippen molar-refractivity contribution in [2.45, 2.75) is 53.9 Å². The summed E-state index contributed by atoms with van der Waals surface area (Å²) < 4.78 is 9.44. The normalized spacial score (nSPS) is 18.7. The van der Waals surface area contributed by atoms with Gasteiger partial charge in [-0.25, -0.2) is 9.59 Å². The van der Waals surface area contributed by atoms with E-state index >= 15 is 0 Å². The van der Waals surface area contributed by atoms with Gasteiger partial charge in [0.05, 0.1) is 19.8 Å². The second kappa shape index (κ2) is 10.1. The third-order valence-electron chi connectivity index (χ3n) is 4.93. The summed E-state index contributed by atoms with van der Waals surface area (Å²) in [5.41, 5.74) is 4.84. The highest BCUT2D eigenvalue weighted by Crippen LogP contribution is 2.40. The summed E-state index contributed by atoms with van der Waals surface area (Å²) in [6.07, 6.45) is 12.6. The van der Waals surface area contributed by atoms with Gasteiger partial charge in [-0.2, -0.15) is 0 Å². The number of carbonyl (C=O) groups is 2. The maximum atomic E-state index is 12.0. The molecule has 0 aromatic heterocycles. The van der Waals surface area contributed by atoms with Crippen LogP contribution in [0.2, 0.25) is 0 Å². The van der Waals surface area contributed by atoms with Gasteiger partial charge in [-0.3, -0.25) is 0 Å². The number of hydrogen-bond donors (Lipinski definition) is 0. The quantitative estimate of drug-likeness (QED) is 0.364. The minimum Gasteiger partial charge on any atom is -0.466 e. The SMILES string of the molecule is COC(=O)\C=C(C)/C(=C/C=C(C)/C=C/C1=C(C)CCCC1(C)C)C(=O)OC. The molecule has 1 aliphatic carbocycles. The van der Waals surface area contributed by atoms with Gasteiger partial charge < -0.3 is 9.47 Å². The largest absolute Gasteiger partial charge is 0.466 e. The first-order valence-electron chi connectivity index (χ1n) is 9.24. The van der Waals surface area contributed by atoms with Gasteiger partial charge in [-0.15, -0.1) is 0 Å². The van der Waals surface area contributed by atoms with Gasteiger partial charge >= 0.3 is 11.9 Å². The molecule has 27 heavy (non-hydrogen) atoms. The third-order valence-corrected chi connectivity index (χ3v) is 4.93. The Labute approximate surface area is 163 Å². The Morgan fingerprint density at radius 2 is 1.74 bits per heavy atom. The van der Waals surface area contributed by atoms with Crippen molar-refractivity contribution in [2.75, 3.05) is 14.2 Å². The van der Waals surface area contributed by atoms with E-state index in [0.717, 1.165) is 12.0 Å². The summed E-state index contributed by atoms with van der Waals surface area (Å²) in [7, 11) is 2.62. The molecule has 0 heterocycles. The summed E-state index contributed by atoms with van der Waals surface area (Å²) in [4.78, 5) is 23.5. The number of hydrogen-bond acceptors (Lipinski definition) is 4. The highest BCUT2D eigenvalue weighted by Gasteiger charge is 2.26. The van der Waals surface area contributed by atoms with Gasteiger partial charge in [0.2, 0.25) is 0 Å². The van der Waals surface area contributed by atoms with Crippen molar-refractivity contribution in [3.8, 4) is 0 Å². The van der Waals surface area contributed by atoms with Gasteiger partial charge in [-0.05, 0) is 62.7 Å². The first-order chi connectivity index (χ1) is 12.6. The van der Waals surface area contributed by atoms with Crippen LogP contribution in [0.1, 0.15) is 53.9 Å². The average Bonchev–Trinajstić information content (AvgIpc) is 2.60. The van der Waals surface area contributed by atoms with Crippen LogP contribution in [0.4, 0.5) is 0 Å². The molecule has 1 rings (SSSR count). The number of allylic oxidation sites excluding steroid dienone is 7. The molecule has 0 unspecified atom stereocenters. The molecule has 0 aromatic rings. The van der Waals surface area contributed by atoms with E-state index in [1.54, 1.807) is 13.0 Å². The molecule has 0 aromatic carbocycles. The smallest absolute Gasteiger partial charge is 0.338 e. The topological polar surface area (TPSA) is 52.6 Å². The minimum atomic E-state index is -0.509. The second-order valence-corrected chi connectivity index (χ2v) is 7.60.